The van der Waals surface area contributed by atoms with E-state index in [0.717, 1.165) is 29.2 Å². The van der Waals surface area contributed by atoms with Crippen LogP contribution >= 0.6 is 18.9 Å². The molecule has 0 radical (unpaired) electrons. The van der Waals surface area contributed by atoms with Gasteiger partial charge in [0.15, 0.2) is 10.9 Å². The average Bonchev–Trinajstić information content (AvgIpc) is 3.19. The lowest BCUT2D eigenvalue weighted by molar-refractivity contribution is 0.0479. The Balaban J connectivity index is 1.90. The lowest BCUT2D eigenvalue weighted by atomic mass is 10.2. The first kappa shape index (κ1) is 17.4. The largest absolute Gasteiger partial charge is 0.462 e. The summed E-state index contributed by atoms with van der Waals surface area (Å²) in [6.07, 6.45) is 1.11. The molecule has 0 amide bonds. The molecule has 4 N–H and O–H groups in total. The van der Waals surface area contributed by atoms with Crippen LogP contribution in [-0.4, -0.2) is 20.7 Å². The van der Waals surface area contributed by atoms with Crippen LogP contribution < -0.4 is 11.0 Å². The van der Waals surface area contributed by atoms with Gasteiger partial charge in [-0.2, -0.15) is 0 Å². The molecule has 0 bridgehead atoms. The Bertz CT molecular complexity index is 946. The second-order valence-electron chi connectivity index (χ2n) is 4.97. The zero-order valence-electron chi connectivity index (χ0n) is 12.7. The van der Waals surface area contributed by atoms with Crippen molar-refractivity contribution >= 4 is 35.3 Å². The van der Waals surface area contributed by atoms with Crippen molar-refractivity contribution in [3.8, 4) is 11.5 Å². The van der Waals surface area contributed by atoms with E-state index in [2.05, 4.69) is 4.98 Å². The fourth-order valence-electron chi connectivity index (χ4n) is 2.13. The van der Waals surface area contributed by atoms with E-state index < -0.39 is 13.6 Å². The van der Waals surface area contributed by atoms with E-state index in [0.29, 0.717) is 0 Å². The average molecular weight is 380 g/mol. The minimum Gasteiger partial charge on any atom is -0.462 e. The third-order valence-electron chi connectivity index (χ3n) is 3.22. The molecule has 0 spiro atoms. The summed E-state index contributed by atoms with van der Waals surface area (Å²) in [4.78, 5) is 35.1. The number of hydrogen-bond acceptors (Lipinski definition) is 7. The summed E-state index contributed by atoms with van der Waals surface area (Å²) >= 11 is 0.854. The Morgan fingerprint density at radius 1 is 1.28 bits per heavy atom. The van der Waals surface area contributed by atoms with Crippen molar-refractivity contribution in [1.29, 1.82) is 0 Å². The Hall–Kier alpha value is -2.45. The summed E-state index contributed by atoms with van der Waals surface area (Å²) in [6, 6.07) is 10.2. The number of hydrogen-bond donors (Lipinski definition) is 3. The van der Waals surface area contributed by atoms with Gasteiger partial charge >= 0.3 is 13.6 Å². The van der Waals surface area contributed by atoms with Gasteiger partial charge in [-0.1, -0.05) is 41.7 Å². The number of nitrogens with zero attached hydrogens (tertiary/aromatic N) is 1. The van der Waals surface area contributed by atoms with E-state index in [1.165, 1.54) is 0 Å². The predicted octanol–water partition coefficient (Wildman–Crippen LogP) is 2.15. The van der Waals surface area contributed by atoms with E-state index in [9.17, 15) is 19.1 Å². The molecule has 3 aromatic rings. The molecule has 0 aliphatic heterocycles. The van der Waals surface area contributed by atoms with Crippen molar-refractivity contribution in [2.75, 3.05) is 5.73 Å². The minimum absolute atomic E-state index is 0.0121. The fraction of sp³-hybridized carbons (Fsp3) is 0.0667. The van der Waals surface area contributed by atoms with Crippen molar-refractivity contribution in [3.63, 3.8) is 0 Å². The Morgan fingerprint density at radius 2 is 2.00 bits per heavy atom. The van der Waals surface area contributed by atoms with Gasteiger partial charge in [0.2, 0.25) is 0 Å². The highest BCUT2D eigenvalue weighted by Gasteiger charge is 2.30. The molecular formula is C15H13N2O6PS. The molecule has 2 aromatic heterocycles. The maximum atomic E-state index is 12.4. The number of carbonyl (C=O) groups excluding carboxylic acids is 1. The molecule has 1 aromatic carbocycles. The lowest BCUT2D eigenvalue weighted by Gasteiger charge is -2.06. The summed E-state index contributed by atoms with van der Waals surface area (Å²) in [5.41, 5.74) is 6.40. The molecule has 25 heavy (non-hydrogen) atoms. The first-order chi connectivity index (χ1) is 11.9. The lowest BCUT2D eigenvalue weighted by Crippen LogP contribution is -2.08. The third-order valence-corrected chi connectivity index (χ3v) is 5.06. The van der Waals surface area contributed by atoms with Crippen LogP contribution in [0.3, 0.4) is 0 Å². The van der Waals surface area contributed by atoms with Crippen LogP contribution in [-0.2, 0) is 15.9 Å². The number of aromatic nitrogens is 1. The number of benzene rings is 1. The van der Waals surface area contributed by atoms with Crippen molar-refractivity contribution in [2.45, 2.75) is 6.61 Å². The Morgan fingerprint density at radius 3 is 2.68 bits per heavy atom. The molecule has 10 heteroatoms. The molecule has 0 aliphatic rings. The number of esters is 1. The first-order valence-electron chi connectivity index (χ1n) is 6.97. The van der Waals surface area contributed by atoms with Gasteiger partial charge in [-0.15, -0.1) is 0 Å². The molecule has 0 unspecified atom stereocenters. The zero-order chi connectivity index (χ0) is 18.0. The smallest absolute Gasteiger partial charge is 0.360 e. The highest BCUT2D eigenvalue weighted by atomic mass is 32.1. The fourth-order valence-corrected chi connectivity index (χ4v) is 3.53. The van der Waals surface area contributed by atoms with Crippen molar-refractivity contribution in [2.24, 2.45) is 0 Å². The van der Waals surface area contributed by atoms with Crippen LogP contribution in [0.5, 0.6) is 0 Å². The second-order valence-corrected chi connectivity index (χ2v) is 7.57. The maximum absolute atomic E-state index is 12.4. The van der Waals surface area contributed by atoms with E-state index in [-0.39, 0.29) is 33.4 Å². The number of thiazole rings is 1. The highest BCUT2D eigenvalue weighted by molar-refractivity contribution is 7.60. The number of anilines is 1. The zero-order valence-corrected chi connectivity index (χ0v) is 14.4. The summed E-state index contributed by atoms with van der Waals surface area (Å²) in [7, 11) is -4.60. The van der Waals surface area contributed by atoms with Gasteiger partial charge in [0, 0.05) is 0 Å². The van der Waals surface area contributed by atoms with Gasteiger partial charge in [-0.05, 0) is 11.6 Å². The van der Waals surface area contributed by atoms with Crippen LogP contribution in [0.25, 0.3) is 11.5 Å². The van der Waals surface area contributed by atoms with Crippen molar-refractivity contribution < 1.29 is 28.3 Å². The Kier molecular flexibility index (Phi) is 4.73. The highest BCUT2D eigenvalue weighted by Crippen LogP contribution is 2.40. The monoisotopic (exact) mass is 380 g/mol. The van der Waals surface area contributed by atoms with Gasteiger partial charge in [0.25, 0.3) is 0 Å². The van der Waals surface area contributed by atoms with E-state index in [1.54, 1.807) is 12.1 Å². The molecule has 3 rings (SSSR count). The number of rotatable bonds is 5. The van der Waals surface area contributed by atoms with Gasteiger partial charge in [0.1, 0.15) is 22.5 Å². The maximum Gasteiger partial charge on any atom is 0.360 e. The van der Waals surface area contributed by atoms with Crippen molar-refractivity contribution in [3.05, 3.63) is 53.1 Å². The van der Waals surface area contributed by atoms with E-state index in [1.807, 2.05) is 18.2 Å². The third kappa shape index (κ3) is 3.80. The van der Waals surface area contributed by atoms with Gasteiger partial charge < -0.3 is 24.7 Å². The van der Waals surface area contributed by atoms with Gasteiger partial charge in [-0.25, -0.2) is 9.78 Å². The number of nitrogen functional groups attached to an aromatic ring is 1. The molecule has 2 heterocycles. The van der Waals surface area contributed by atoms with Crippen LogP contribution in [0.2, 0.25) is 0 Å². The number of ether oxygens (including phenoxy) is 1. The van der Waals surface area contributed by atoms with Crippen molar-refractivity contribution in [1.82, 2.24) is 4.98 Å². The Labute approximate surface area is 146 Å². The van der Waals surface area contributed by atoms with Gasteiger partial charge in [0.05, 0.1) is 6.26 Å². The van der Waals surface area contributed by atoms with Gasteiger partial charge in [-0.3, -0.25) is 4.57 Å². The van der Waals surface area contributed by atoms with Crippen LogP contribution in [0.15, 0.2) is 47.1 Å². The first-order valence-corrected chi connectivity index (χ1v) is 9.40. The molecule has 8 nitrogen and oxygen atoms in total. The molecule has 0 fully saturated rings. The minimum atomic E-state index is -4.60. The van der Waals surface area contributed by atoms with Crippen LogP contribution in [0, 0.1) is 0 Å². The number of carbonyl (C=O) groups is 1. The topological polar surface area (TPSA) is 136 Å². The second kappa shape index (κ2) is 6.81. The molecular weight excluding hydrogens is 367 g/mol. The normalized spacial score (nSPS) is 11.4. The van der Waals surface area contributed by atoms with Crippen LogP contribution in [0.4, 0.5) is 5.13 Å². The SMILES string of the molecule is Nc1nc(-c2occc2P(=O)(O)O)c(C(=O)OCc2ccccc2)s1. The number of nitrogens with two attached hydrogens (primary N) is 1. The standard InChI is InChI=1S/C15H13N2O6PS/c16-15-17-11(12-10(6-7-22-12)24(19,20)21)13(25-15)14(18)23-8-9-4-2-1-3-5-9/h1-7H,8H2,(H2,16,17)(H2,19,20,21). The molecule has 0 aliphatic carbocycles. The van der Waals surface area contributed by atoms with E-state index >= 15 is 0 Å². The summed E-state index contributed by atoms with van der Waals surface area (Å²) in [5.74, 6) is -0.908. The number of furan rings is 1. The summed E-state index contributed by atoms with van der Waals surface area (Å²) in [6.45, 7) is 0.0421. The molecule has 0 atom stereocenters. The van der Waals surface area contributed by atoms with E-state index in [4.69, 9.17) is 14.9 Å². The quantitative estimate of drug-likeness (QED) is 0.452. The predicted molar refractivity (Wildman–Crippen MR) is 91.5 cm³/mol. The molecule has 0 saturated carbocycles. The summed E-state index contributed by atoms with van der Waals surface area (Å²) < 4.78 is 21.9. The molecule has 0 saturated heterocycles. The molecule has 130 valence electrons. The summed E-state index contributed by atoms with van der Waals surface area (Å²) in [5, 5.41) is -0.315. The van der Waals surface area contributed by atoms with Crippen LogP contribution in [0.1, 0.15) is 15.2 Å².